The molecule has 3 aromatic carbocycles. The largest absolute Gasteiger partial charge is 0.352 e. The Hall–Kier alpha value is -3.43. The summed E-state index contributed by atoms with van der Waals surface area (Å²) in [6, 6.07) is 19.9. The van der Waals surface area contributed by atoms with Crippen LogP contribution in [-0.4, -0.2) is 50.0 Å². The van der Waals surface area contributed by atoms with E-state index in [0.29, 0.717) is 21.8 Å². The summed E-state index contributed by atoms with van der Waals surface area (Å²) in [5.74, 6) is -1.09. The van der Waals surface area contributed by atoms with E-state index in [9.17, 15) is 22.4 Å². The highest BCUT2D eigenvalue weighted by molar-refractivity contribution is 7.92. The monoisotopic (exact) mass is 627 g/mol. The van der Waals surface area contributed by atoms with Gasteiger partial charge < -0.3 is 10.2 Å². The summed E-state index contributed by atoms with van der Waals surface area (Å²) in [7, 11) is -3.68. The van der Waals surface area contributed by atoms with Crippen LogP contribution in [0.5, 0.6) is 0 Å². The third-order valence-electron chi connectivity index (χ3n) is 7.93. The second-order valence-electron chi connectivity index (χ2n) is 11.1. The molecule has 4 rings (SSSR count). The number of anilines is 1. The standard InChI is InChI=1S/C33H39ClFN3O4S/c1-24-28(34)17-10-19-30(24)38(43(2,41)42)21-11-20-32(39)37(23-26-14-6-9-18-29(26)35)31(22-25-12-4-3-5-13-25)33(40)36-27-15-7-8-16-27/h3-6,9-10,12-14,17-19,27,31H,7-8,11,15-16,20-23H2,1-2H3,(H,36,40)/t31-/m0/s1. The van der Waals surface area contributed by atoms with Gasteiger partial charge in [0.25, 0.3) is 0 Å². The van der Waals surface area contributed by atoms with Crippen molar-refractivity contribution in [2.45, 2.75) is 70.5 Å². The van der Waals surface area contributed by atoms with Crippen LogP contribution in [0.2, 0.25) is 5.02 Å². The smallest absolute Gasteiger partial charge is 0.243 e. The minimum atomic E-state index is -3.68. The summed E-state index contributed by atoms with van der Waals surface area (Å²) < 4.78 is 41.6. The van der Waals surface area contributed by atoms with Gasteiger partial charge >= 0.3 is 0 Å². The zero-order chi connectivity index (χ0) is 31.0. The predicted octanol–water partition coefficient (Wildman–Crippen LogP) is 6.03. The van der Waals surface area contributed by atoms with Gasteiger partial charge in [-0.2, -0.15) is 0 Å². The topological polar surface area (TPSA) is 86.8 Å². The molecule has 2 amide bonds. The summed E-state index contributed by atoms with van der Waals surface area (Å²) in [5.41, 5.74) is 2.24. The lowest BCUT2D eigenvalue weighted by atomic mass is 10.0. The fourth-order valence-corrected chi connectivity index (χ4v) is 6.77. The lowest BCUT2D eigenvalue weighted by Crippen LogP contribution is -2.52. The molecule has 0 heterocycles. The van der Waals surface area contributed by atoms with E-state index in [1.54, 1.807) is 43.3 Å². The van der Waals surface area contributed by atoms with E-state index < -0.39 is 21.9 Å². The molecule has 3 aromatic rings. The van der Waals surface area contributed by atoms with Gasteiger partial charge in [-0.3, -0.25) is 13.9 Å². The van der Waals surface area contributed by atoms with Crippen molar-refractivity contribution in [3.8, 4) is 0 Å². The van der Waals surface area contributed by atoms with Crippen molar-refractivity contribution in [2.24, 2.45) is 0 Å². The molecule has 1 atom stereocenters. The molecule has 1 aliphatic carbocycles. The molecule has 43 heavy (non-hydrogen) atoms. The Morgan fingerprint density at radius 1 is 1.00 bits per heavy atom. The maximum atomic E-state index is 14.9. The number of nitrogens with one attached hydrogen (secondary N) is 1. The summed E-state index contributed by atoms with van der Waals surface area (Å²) in [6.45, 7) is 1.69. The summed E-state index contributed by atoms with van der Waals surface area (Å²) in [4.78, 5) is 29.2. The van der Waals surface area contributed by atoms with Crippen LogP contribution in [0.4, 0.5) is 10.1 Å². The van der Waals surface area contributed by atoms with Crippen LogP contribution in [0.1, 0.15) is 55.2 Å². The van der Waals surface area contributed by atoms with E-state index in [0.717, 1.165) is 37.5 Å². The molecule has 1 N–H and O–H groups in total. The van der Waals surface area contributed by atoms with E-state index >= 15 is 0 Å². The first-order valence-corrected chi connectivity index (χ1v) is 16.9. The van der Waals surface area contributed by atoms with Gasteiger partial charge in [-0.1, -0.05) is 79.0 Å². The minimum Gasteiger partial charge on any atom is -0.352 e. The highest BCUT2D eigenvalue weighted by Gasteiger charge is 2.32. The molecule has 1 fully saturated rings. The predicted molar refractivity (Wildman–Crippen MR) is 169 cm³/mol. The fourth-order valence-electron chi connectivity index (χ4n) is 5.58. The van der Waals surface area contributed by atoms with Gasteiger partial charge in [-0.15, -0.1) is 0 Å². The normalized spacial score (nSPS) is 14.3. The number of benzene rings is 3. The number of halogens is 2. The Labute approximate surface area is 259 Å². The Bertz CT molecular complexity index is 1510. The fraction of sp³-hybridized carbons (Fsp3) is 0.394. The van der Waals surface area contributed by atoms with E-state index in [1.807, 2.05) is 30.3 Å². The quantitative estimate of drug-likeness (QED) is 0.251. The van der Waals surface area contributed by atoms with Crippen molar-refractivity contribution in [1.29, 1.82) is 0 Å². The number of rotatable bonds is 13. The SMILES string of the molecule is Cc1c(Cl)cccc1N(CCCC(=O)N(Cc1ccccc1F)[C@@H](Cc1ccccc1)C(=O)NC1CCCC1)S(C)(=O)=O. The number of hydrogen-bond acceptors (Lipinski definition) is 4. The lowest BCUT2D eigenvalue weighted by molar-refractivity contribution is -0.141. The molecule has 7 nitrogen and oxygen atoms in total. The molecule has 230 valence electrons. The maximum Gasteiger partial charge on any atom is 0.243 e. The number of carbonyl (C=O) groups excluding carboxylic acids is 2. The first-order chi connectivity index (χ1) is 20.5. The highest BCUT2D eigenvalue weighted by atomic mass is 35.5. The molecule has 0 saturated heterocycles. The Balaban J connectivity index is 1.61. The van der Waals surface area contributed by atoms with Crippen LogP contribution in [-0.2, 0) is 32.6 Å². The van der Waals surface area contributed by atoms with Crippen LogP contribution < -0.4 is 9.62 Å². The third-order valence-corrected chi connectivity index (χ3v) is 9.52. The van der Waals surface area contributed by atoms with Gasteiger partial charge in [0.05, 0.1) is 11.9 Å². The summed E-state index contributed by atoms with van der Waals surface area (Å²) in [6.07, 6.45) is 5.37. The van der Waals surface area contributed by atoms with Crippen LogP contribution in [0, 0.1) is 12.7 Å². The molecule has 10 heteroatoms. The third kappa shape index (κ3) is 8.80. The average molecular weight is 628 g/mol. The maximum absolute atomic E-state index is 14.9. The number of sulfonamides is 1. The van der Waals surface area contributed by atoms with Gasteiger partial charge in [0, 0.05) is 42.6 Å². The van der Waals surface area contributed by atoms with Crippen LogP contribution in [0.25, 0.3) is 0 Å². The molecular formula is C33H39ClFN3O4S. The first kappa shape index (κ1) is 32.5. The second-order valence-corrected chi connectivity index (χ2v) is 13.4. The lowest BCUT2D eigenvalue weighted by Gasteiger charge is -2.33. The Morgan fingerprint density at radius 2 is 1.67 bits per heavy atom. The van der Waals surface area contributed by atoms with Crippen molar-refractivity contribution in [1.82, 2.24) is 10.2 Å². The van der Waals surface area contributed by atoms with Crippen molar-refractivity contribution in [3.05, 3.63) is 100 Å². The van der Waals surface area contributed by atoms with Crippen LogP contribution in [0.15, 0.2) is 72.8 Å². The van der Waals surface area contributed by atoms with Crippen LogP contribution in [0.3, 0.4) is 0 Å². The van der Waals surface area contributed by atoms with E-state index in [1.165, 1.54) is 15.3 Å². The summed E-state index contributed by atoms with van der Waals surface area (Å²) in [5, 5.41) is 3.58. The van der Waals surface area contributed by atoms with Gasteiger partial charge in [0.15, 0.2) is 0 Å². The molecule has 0 spiro atoms. The molecule has 0 unspecified atom stereocenters. The Morgan fingerprint density at radius 3 is 2.35 bits per heavy atom. The molecule has 1 aliphatic rings. The van der Waals surface area contributed by atoms with Crippen LogP contribution >= 0.6 is 11.6 Å². The number of nitrogens with zero attached hydrogens (tertiary/aromatic N) is 2. The number of amides is 2. The molecule has 0 aliphatic heterocycles. The zero-order valence-electron chi connectivity index (χ0n) is 24.6. The molecule has 0 aromatic heterocycles. The average Bonchev–Trinajstić information content (AvgIpc) is 3.48. The summed E-state index contributed by atoms with van der Waals surface area (Å²) >= 11 is 6.26. The highest BCUT2D eigenvalue weighted by Crippen LogP contribution is 2.29. The van der Waals surface area contributed by atoms with Gasteiger partial charge in [-0.25, -0.2) is 12.8 Å². The number of carbonyl (C=O) groups is 2. The van der Waals surface area contributed by atoms with Gasteiger partial charge in [0.2, 0.25) is 21.8 Å². The number of hydrogen-bond donors (Lipinski definition) is 1. The van der Waals surface area contributed by atoms with Gasteiger partial charge in [-0.05, 0) is 55.5 Å². The first-order valence-electron chi connectivity index (χ1n) is 14.6. The van der Waals surface area contributed by atoms with E-state index in [4.69, 9.17) is 11.6 Å². The van der Waals surface area contributed by atoms with E-state index in [-0.39, 0.29) is 50.2 Å². The van der Waals surface area contributed by atoms with Crippen molar-refractivity contribution in [2.75, 3.05) is 17.1 Å². The zero-order valence-corrected chi connectivity index (χ0v) is 26.2. The van der Waals surface area contributed by atoms with Crippen molar-refractivity contribution >= 4 is 39.1 Å². The Kier molecular flexibility index (Phi) is 11.2. The van der Waals surface area contributed by atoms with Crippen molar-refractivity contribution < 1.29 is 22.4 Å². The molecular weight excluding hydrogens is 589 g/mol. The molecule has 0 radical (unpaired) electrons. The second kappa shape index (κ2) is 14.8. The van der Waals surface area contributed by atoms with Crippen molar-refractivity contribution in [3.63, 3.8) is 0 Å². The minimum absolute atomic E-state index is 0.0386. The van der Waals surface area contributed by atoms with E-state index in [2.05, 4.69) is 5.32 Å². The van der Waals surface area contributed by atoms with Gasteiger partial charge in [0.1, 0.15) is 11.9 Å². The molecule has 0 bridgehead atoms. The molecule has 1 saturated carbocycles.